The normalized spacial score (nSPS) is 14.4. The second-order valence-corrected chi connectivity index (χ2v) is 9.43. The average Bonchev–Trinajstić information content (AvgIpc) is 3.32. The molecule has 4 aromatic rings. The first-order chi connectivity index (χ1) is 17.2. The van der Waals surface area contributed by atoms with Crippen molar-refractivity contribution in [3.63, 3.8) is 0 Å². The maximum absolute atomic E-state index is 6.24. The third kappa shape index (κ3) is 5.56. The molecule has 0 unspecified atom stereocenters. The Hall–Kier alpha value is -3.61. The van der Waals surface area contributed by atoms with Crippen molar-refractivity contribution in [2.24, 2.45) is 0 Å². The van der Waals surface area contributed by atoms with Crippen LogP contribution in [-0.4, -0.2) is 25.7 Å². The van der Waals surface area contributed by atoms with Crippen molar-refractivity contribution in [2.45, 2.75) is 71.1 Å². The zero-order valence-corrected chi connectivity index (χ0v) is 20.5. The minimum Gasteiger partial charge on any atom is -0.489 e. The summed E-state index contributed by atoms with van der Waals surface area (Å²) >= 11 is 0. The van der Waals surface area contributed by atoms with E-state index >= 15 is 0 Å². The summed E-state index contributed by atoms with van der Waals surface area (Å²) in [5.41, 5.74) is 4.05. The standard InChI is InChI=1S/C28H33N5O2/c1-20(2)24-18-30-33-26(24)31-28(35-23-14-7-4-8-15-23)32-27(33)29-17-22-13-9-10-16-25(22)34-19-21-11-5-3-6-12-21/h3,5-6,9-13,16,18,20,23H,4,7-8,14-15,17,19H2,1-2H3,(H,29,31,32). The zero-order valence-electron chi connectivity index (χ0n) is 20.5. The van der Waals surface area contributed by atoms with Crippen LogP contribution in [0.15, 0.2) is 60.8 Å². The van der Waals surface area contributed by atoms with Gasteiger partial charge in [-0.15, -0.1) is 0 Å². The summed E-state index contributed by atoms with van der Waals surface area (Å²) < 4.78 is 14.2. The fraction of sp³-hybridized carbons (Fsp3) is 0.393. The highest BCUT2D eigenvalue weighted by Crippen LogP contribution is 2.27. The van der Waals surface area contributed by atoms with Gasteiger partial charge in [-0.2, -0.15) is 19.6 Å². The smallest absolute Gasteiger partial charge is 0.322 e. The van der Waals surface area contributed by atoms with E-state index in [0.29, 0.717) is 31.0 Å². The van der Waals surface area contributed by atoms with Crippen molar-refractivity contribution < 1.29 is 9.47 Å². The van der Waals surface area contributed by atoms with Crippen molar-refractivity contribution in [1.82, 2.24) is 19.6 Å². The van der Waals surface area contributed by atoms with Crippen LogP contribution in [0.4, 0.5) is 5.95 Å². The van der Waals surface area contributed by atoms with Gasteiger partial charge in [-0.25, -0.2) is 0 Å². The molecule has 182 valence electrons. The molecule has 7 nitrogen and oxygen atoms in total. The van der Waals surface area contributed by atoms with E-state index in [1.807, 2.05) is 42.6 Å². The Morgan fingerprint density at radius 3 is 2.54 bits per heavy atom. The number of para-hydroxylation sites is 1. The van der Waals surface area contributed by atoms with Gasteiger partial charge in [0.25, 0.3) is 0 Å². The van der Waals surface area contributed by atoms with Gasteiger partial charge in [0.2, 0.25) is 5.95 Å². The minimum atomic E-state index is 0.177. The quantitative estimate of drug-likeness (QED) is 0.316. The summed E-state index contributed by atoms with van der Waals surface area (Å²) in [6.07, 6.45) is 7.83. The summed E-state index contributed by atoms with van der Waals surface area (Å²) in [7, 11) is 0. The number of hydrogen-bond acceptors (Lipinski definition) is 6. The van der Waals surface area contributed by atoms with Gasteiger partial charge >= 0.3 is 6.01 Å². The highest BCUT2D eigenvalue weighted by atomic mass is 16.5. The molecule has 2 heterocycles. The Bertz CT molecular complexity index is 1250. The van der Waals surface area contributed by atoms with E-state index in [-0.39, 0.29) is 6.10 Å². The predicted octanol–water partition coefficient (Wildman–Crippen LogP) is 6.15. The van der Waals surface area contributed by atoms with Gasteiger partial charge in [0.1, 0.15) is 18.5 Å². The third-order valence-corrected chi connectivity index (χ3v) is 6.47. The number of nitrogens with one attached hydrogen (secondary N) is 1. The molecule has 2 aromatic heterocycles. The number of rotatable bonds is 9. The Morgan fingerprint density at radius 2 is 1.74 bits per heavy atom. The van der Waals surface area contributed by atoms with Crippen LogP contribution < -0.4 is 14.8 Å². The van der Waals surface area contributed by atoms with Crippen molar-refractivity contribution >= 4 is 11.6 Å². The molecule has 35 heavy (non-hydrogen) atoms. The lowest BCUT2D eigenvalue weighted by molar-refractivity contribution is 0.142. The highest BCUT2D eigenvalue weighted by Gasteiger charge is 2.20. The van der Waals surface area contributed by atoms with E-state index in [9.17, 15) is 0 Å². The van der Waals surface area contributed by atoms with Crippen LogP contribution in [-0.2, 0) is 13.2 Å². The molecule has 1 N–H and O–H groups in total. The number of nitrogens with zero attached hydrogens (tertiary/aromatic N) is 4. The molecule has 1 saturated carbocycles. The highest BCUT2D eigenvalue weighted by molar-refractivity contribution is 5.53. The summed E-state index contributed by atoms with van der Waals surface area (Å²) in [6.45, 7) is 5.35. The first-order valence-corrected chi connectivity index (χ1v) is 12.6. The number of fused-ring (bicyclic) bond motifs is 1. The minimum absolute atomic E-state index is 0.177. The lowest BCUT2D eigenvalue weighted by Crippen LogP contribution is -2.21. The Labute approximate surface area is 206 Å². The van der Waals surface area contributed by atoms with Crippen LogP contribution >= 0.6 is 0 Å². The van der Waals surface area contributed by atoms with Crippen molar-refractivity contribution in [3.05, 3.63) is 77.5 Å². The predicted molar refractivity (Wildman–Crippen MR) is 137 cm³/mol. The van der Waals surface area contributed by atoms with E-state index in [1.54, 1.807) is 4.52 Å². The lowest BCUT2D eigenvalue weighted by atomic mass is 9.98. The monoisotopic (exact) mass is 471 g/mol. The number of ether oxygens (including phenoxy) is 2. The van der Waals surface area contributed by atoms with Crippen LogP contribution in [0.2, 0.25) is 0 Å². The van der Waals surface area contributed by atoms with Gasteiger partial charge in [0.15, 0.2) is 5.65 Å². The Kier molecular flexibility index (Phi) is 7.12. The molecule has 1 fully saturated rings. The summed E-state index contributed by atoms with van der Waals surface area (Å²) in [5, 5.41) is 8.04. The van der Waals surface area contributed by atoms with Gasteiger partial charge in [-0.3, -0.25) is 0 Å². The third-order valence-electron chi connectivity index (χ3n) is 6.47. The van der Waals surface area contributed by atoms with E-state index < -0.39 is 0 Å². The first-order valence-electron chi connectivity index (χ1n) is 12.6. The second-order valence-electron chi connectivity index (χ2n) is 9.43. The van der Waals surface area contributed by atoms with Crippen molar-refractivity contribution in [2.75, 3.05) is 5.32 Å². The van der Waals surface area contributed by atoms with Crippen molar-refractivity contribution in [3.8, 4) is 11.8 Å². The molecule has 2 aromatic carbocycles. The zero-order chi connectivity index (χ0) is 24.0. The molecule has 0 saturated heterocycles. The number of benzene rings is 2. The number of anilines is 1. The molecule has 0 spiro atoms. The lowest BCUT2D eigenvalue weighted by Gasteiger charge is -2.22. The van der Waals surface area contributed by atoms with E-state index in [2.05, 4.69) is 42.5 Å². The second kappa shape index (κ2) is 10.8. The van der Waals surface area contributed by atoms with Gasteiger partial charge in [0.05, 0.1) is 6.20 Å². The summed E-state index contributed by atoms with van der Waals surface area (Å²) in [4.78, 5) is 9.47. The number of aromatic nitrogens is 4. The molecule has 0 aliphatic heterocycles. The molecule has 0 atom stereocenters. The van der Waals surface area contributed by atoms with Crippen LogP contribution in [0.1, 0.15) is 68.6 Å². The molecule has 0 bridgehead atoms. The van der Waals surface area contributed by atoms with Crippen LogP contribution in [0.25, 0.3) is 5.65 Å². The largest absolute Gasteiger partial charge is 0.489 e. The molecular weight excluding hydrogens is 438 g/mol. The SMILES string of the molecule is CC(C)c1cnn2c(NCc3ccccc3OCc3ccccc3)nc(OC3CCCCC3)nc12. The van der Waals surface area contributed by atoms with Crippen LogP contribution in [0.3, 0.4) is 0 Å². The van der Waals surface area contributed by atoms with Crippen LogP contribution in [0.5, 0.6) is 11.8 Å². The maximum Gasteiger partial charge on any atom is 0.322 e. The molecule has 5 rings (SSSR count). The maximum atomic E-state index is 6.24. The van der Waals surface area contributed by atoms with Gasteiger partial charge in [0, 0.05) is 17.7 Å². The summed E-state index contributed by atoms with van der Waals surface area (Å²) in [5.74, 6) is 1.76. The molecule has 0 amide bonds. The van der Waals surface area contributed by atoms with Crippen LogP contribution in [0, 0.1) is 0 Å². The Morgan fingerprint density at radius 1 is 0.971 bits per heavy atom. The molecule has 1 aliphatic carbocycles. The van der Waals surface area contributed by atoms with Gasteiger partial charge in [-0.05, 0) is 43.2 Å². The molecule has 7 heteroatoms. The average molecular weight is 472 g/mol. The van der Waals surface area contributed by atoms with Crippen molar-refractivity contribution in [1.29, 1.82) is 0 Å². The van der Waals surface area contributed by atoms with E-state index in [4.69, 9.17) is 19.4 Å². The van der Waals surface area contributed by atoms with Gasteiger partial charge in [-0.1, -0.05) is 68.8 Å². The fourth-order valence-electron chi connectivity index (χ4n) is 4.48. The molecular formula is C28H33N5O2. The van der Waals surface area contributed by atoms with E-state index in [0.717, 1.165) is 40.9 Å². The summed E-state index contributed by atoms with van der Waals surface area (Å²) in [6, 6.07) is 18.7. The molecule has 1 aliphatic rings. The molecule has 0 radical (unpaired) electrons. The van der Waals surface area contributed by atoms with Gasteiger partial charge < -0.3 is 14.8 Å². The van der Waals surface area contributed by atoms with E-state index in [1.165, 1.54) is 19.3 Å². The number of hydrogen-bond donors (Lipinski definition) is 1. The first kappa shape index (κ1) is 23.1. The fourth-order valence-corrected chi connectivity index (χ4v) is 4.48. The Balaban J connectivity index is 1.38. The topological polar surface area (TPSA) is 73.6 Å².